The van der Waals surface area contributed by atoms with Gasteiger partial charge in [0.05, 0.1) is 7.11 Å². The predicted octanol–water partition coefficient (Wildman–Crippen LogP) is 0.791. The number of ether oxygens (including phenoxy) is 2. The first-order chi connectivity index (χ1) is 9.54. The number of hydrogen-bond donors (Lipinski definition) is 2. The highest BCUT2D eigenvalue weighted by Crippen LogP contribution is 2.25. The smallest absolute Gasteiger partial charge is 0.161 e. The van der Waals surface area contributed by atoms with Crippen molar-refractivity contribution in [2.45, 2.75) is 18.3 Å². The second kappa shape index (κ2) is 8.94. The van der Waals surface area contributed by atoms with Crippen LogP contribution in [0.3, 0.4) is 0 Å². The molecule has 0 radical (unpaired) electrons. The molecule has 3 unspecified atom stereocenters. The van der Waals surface area contributed by atoms with Crippen LogP contribution in [0.25, 0.3) is 0 Å². The van der Waals surface area contributed by atoms with E-state index in [4.69, 9.17) is 9.47 Å². The zero-order valence-corrected chi connectivity index (χ0v) is 13.0. The molecule has 0 spiro atoms. The quantitative estimate of drug-likeness (QED) is 0.706. The highest BCUT2D eigenvalue weighted by Gasteiger charge is 2.10. The van der Waals surface area contributed by atoms with Crippen LogP contribution in [0.1, 0.15) is 6.92 Å². The average molecular weight is 301 g/mol. The maximum Gasteiger partial charge on any atom is 0.161 e. The molecule has 1 aromatic carbocycles. The van der Waals surface area contributed by atoms with Crippen LogP contribution in [-0.2, 0) is 10.8 Å². The van der Waals surface area contributed by atoms with E-state index in [0.29, 0.717) is 24.6 Å². The summed E-state index contributed by atoms with van der Waals surface area (Å²) in [7, 11) is 0.721. The number of aliphatic hydroxyl groups is 1. The molecule has 1 rings (SSSR count). The van der Waals surface area contributed by atoms with E-state index in [0.717, 1.165) is 0 Å². The zero-order valence-electron chi connectivity index (χ0n) is 12.2. The molecular formula is C14H23NO4S. The van der Waals surface area contributed by atoms with Crippen LogP contribution in [0.4, 0.5) is 0 Å². The van der Waals surface area contributed by atoms with Gasteiger partial charge in [0, 0.05) is 35.4 Å². The van der Waals surface area contributed by atoms with E-state index >= 15 is 0 Å². The van der Waals surface area contributed by atoms with Gasteiger partial charge in [-0.3, -0.25) is 4.21 Å². The number of methoxy groups -OCH3 is 1. The maximum absolute atomic E-state index is 11.2. The molecule has 0 aliphatic rings. The average Bonchev–Trinajstić information content (AvgIpc) is 2.45. The number of para-hydroxylation sites is 2. The molecule has 1 aromatic rings. The minimum absolute atomic E-state index is 0.0670. The van der Waals surface area contributed by atoms with Crippen molar-refractivity contribution in [2.75, 3.05) is 33.1 Å². The van der Waals surface area contributed by atoms with Crippen LogP contribution >= 0.6 is 0 Å². The lowest BCUT2D eigenvalue weighted by atomic mass is 10.3. The minimum atomic E-state index is -0.855. The van der Waals surface area contributed by atoms with Gasteiger partial charge < -0.3 is 19.9 Å². The number of nitrogens with one attached hydrogen (secondary N) is 1. The van der Waals surface area contributed by atoms with Crippen molar-refractivity contribution in [3.63, 3.8) is 0 Å². The number of aliphatic hydroxyl groups excluding tert-OH is 1. The fourth-order valence-corrected chi connectivity index (χ4v) is 1.91. The Morgan fingerprint density at radius 2 is 1.95 bits per heavy atom. The molecule has 114 valence electrons. The third-order valence-electron chi connectivity index (χ3n) is 2.88. The van der Waals surface area contributed by atoms with E-state index < -0.39 is 16.9 Å². The standard InChI is InChI=1S/C14H23NO4S/c1-11(20(3)17)8-15-9-12(16)10-19-14-7-5-4-6-13(14)18-2/h4-7,11-12,15-16H,8-10H2,1-3H3. The largest absolute Gasteiger partial charge is 0.493 e. The van der Waals surface area contributed by atoms with Crippen molar-refractivity contribution in [2.24, 2.45) is 0 Å². The third-order valence-corrected chi connectivity index (χ3v) is 4.18. The van der Waals surface area contributed by atoms with Gasteiger partial charge in [0.15, 0.2) is 11.5 Å². The molecule has 0 aliphatic heterocycles. The van der Waals surface area contributed by atoms with Gasteiger partial charge in [0.2, 0.25) is 0 Å². The van der Waals surface area contributed by atoms with Crippen LogP contribution in [0, 0.1) is 0 Å². The predicted molar refractivity (Wildman–Crippen MR) is 80.9 cm³/mol. The molecule has 3 atom stereocenters. The van der Waals surface area contributed by atoms with Crippen LogP contribution in [0.2, 0.25) is 0 Å². The number of rotatable bonds is 9. The summed E-state index contributed by atoms with van der Waals surface area (Å²) in [5.74, 6) is 1.25. The van der Waals surface area contributed by atoms with Gasteiger partial charge in [0.1, 0.15) is 12.7 Å². The minimum Gasteiger partial charge on any atom is -0.493 e. The van der Waals surface area contributed by atoms with Crippen LogP contribution in [0.5, 0.6) is 11.5 Å². The van der Waals surface area contributed by atoms with Gasteiger partial charge in [0.25, 0.3) is 0 Å². The molecular weight excluding hydrogens is 278 g/mol. The Bertz CT molecular complexity index is 427. The van der Waals surface area contributed by atoms with Gasteiger partial charge >= 0.3 is 0 Å². The van der Waals surface area contributed by atoms with Crippen molar-refractivity contribution in [3.05, 3.63) is 24.3 Å². The van der Waals surface area contributed by atoms with Crippen molar-refractivity contribution >= 4 is 10.8 Å². The Labute approximate surface area is 122 Å². The second-order valence-corrected chi connectivity index (χ2v) is 6.39. The lowest BCUT2D eigenvalue weighted by molar-refractivity contribution is 0.105. The molecule has 6 heteroatoms. The third kappa shape index (κ3) is 5.90. The first kappa shape index (κ1) is 16.9. The Balaban J connectivity index is 2.29. The summed E-state index contributed by atoms with van der Waals surface area (Å²) in [6.45, 7) is 3.09. The van der Waals surface area contributed by atoms with Gasteiger partial charge in [-0.25, -0.2) is 0 Å². The maximum atomic E-state index is 11.2. The van der Waals surface area contributed by atoms with Crippen LogP contribution in [-0.4, -0.2) is 53.7 Å². The SMILES string of the molecule is COc1ccccc1OCC(O)CNCC(C)S(C)=O. The summed E-state index contributed by atoms with van der Waals surface area (Å²) in [6, 6.07) is 7.30. The Morgan fingerprint density at radius 3 is 2.55 bits per heavy atom. The van der Waals surface area contributed by atoms with Crippen molar-refractivity contribution in [1.29, 1.82) is 0 Å². The zero-order chi connectivity index (χ0) is 15.0. The molecule has 0 aliphatic carbocycles. The normalized spacial score (nSPS) is 15.4. The van der Waals surface area contributed by atoms with Crippen molar-refractivity contribution < 1.29 is 18.8 Å². The summed E-state index contributed by atoms with van der Waals surface area (Å²) >= 11 is 0. The number of hydrogen-bond acceptors (Lipinski definition) is 5. The number of benzene rings is 1. The lowest BCUT2D eigenvalue weighted by Crippen LogP contribution is -2.36. The van der Waals surface area contributed by atoms with E-state index in [1.807, 2.05) is 19.1 Å². The Hall–Kier alpha value is -1.11. The lowest BCUT2D eigenvalue weighted by Gasteiger charge is -2.16. The molecule has 0 amide bonds. The summed E-state index contributed by atoms with van der Waals surface area (Å²) < 4.78 is 21.9. The van der Waals surface area contributed by atoms with E-state index in [1.54, 1.807) is 25.5 Å². The van der Waals surface area contributed by atoms with E-state index in [2.05, 4.69) is 5.32 Å². The van der Waals surface area contributed by atoms with E-state index in [9.17, 15) is 9.32 Å². The summed E-state index contributed by atoms with van der Waals surface area (Å²) in [5, 5.41) is 13.0. The molecule has 0 saturated heterocycles. The molecule has 0 aromatic heterocycles. The monoisotopic (exact) mass is 301 g/mol. The van der Waals surface area contributed by atoms with E-state index in [-0.39, 0.29) is 11.9 Å². The highest BCUT2D eigenvalue weighted by atomic mass is 32.2. The summed E-state index contributed by atoms with van der Waals surface area (Å²) in [6.07, 6.45) is 1.05. The first-order valence-corrected chi connectivity index (χ1v) is 8.13. The summed E-state index contributed by atoms with van der Waals surface area (Å²) in [5.41, 5.74) is 0. The van der Waals surface area contributed by atoms with Gasteiger partial charge in [-0.1, -0.05) is 12.1 Å². The molecule has 0 bridgehead atoms. The molecule has 20 heavy (non-hydrogen) atoms. The van der Waals surface area contributed by atoms with Crippen molar-refractivity contribution in [3.8, 4) is 11.5 Å². The summed E-state index contributed by atoms with van der Waals surface area (Å²) in [4.78, 5) is 0. The topological polar surface area (TPSA) is 67.8 Å². The fourth-order valence-electron chi connectivity index (χ4n) is 1.55. The second-order valence-electron chi connectivity index (χ2n) is 4.58. The molecule has 0 saturated carbocycles. The van der Waals surface area contributed by atoms with Gasteiger partial charge in [-0.05, 0) is 19.1 Å². The Kier molecular flexibility index (Phi) is 7.58. The Morgan fingerprint density at radius 1 is 1.30 bits per heavy atom. The fraction of sp³-hybridized carbons (Fsp3) is 0.571. The van der Waals surface area contributed by atoms with Gasteiger partial charge in [-0.15, -0.1) is 0 Å². The molecule has 5 nitrogen and oxygen atoms in total. The van der Waals surface area contributed by atoms with Crippen LogP contribution < -0.4 is 14.8 Å². The highest BCUT2D eigenvalue weighted by molar-refractivity contribution is 7.84. The first-order valence-electron chi connectivity index (χ1n) is 6.51. The molecule has 2 N–H and O–H groups in total. The van der Waals surface area contributed by atoms with Crippen LogP contribution in [0.15, 0.2) is 24.3 Å². The van der Waals surface area contributed by atoms with Gasteiger partial charge in [-0.2, -0.15) is 0 Å². The molecule has 0 heterocycles. The van der Waals surface area contributed by atoms with E-state index in [1.165, 1.54) is 0 Å². The van der Waals surface area contributed by atoms with Crippen molar-refractivity contribution in [1.82, 2.24) is 5.32 Å². The molecule has 0 fully saturated rings.